The van der Waals surface area contributed by atoms with Gasteiger partial charge in [-0.05, 0) is 61.7 Å². The number of unbranched alkanes of at least 4 members (excludes halogenated alkanes) is 1. The second kappa shape index (κ2) is 9.17. The molecule has 0 bridgehead atoms. The highest BCUT2D eigenvalue weighted by Gasteiger charge is 2.19. The van der Waals surface area contributed by atoms with Crippen molar-refractivity contribution in [2.24, 2.45) is 0 Å². The summed E-state index contributed by atoms with van der Waals surface area (Å²) in [5.41, 5.74) is 2.77. The third-order valence-corrected chi connectivity index (χ3v) is 4.32. The predicted octanol–water partition coefficient (Wildman–Crippen LogP) is 5.01. The zero-order chi connectivity index (χ0) is 19.9. The fraction of sp³-hybridized carbons (Fsp3) is 0.273. The van der Waals surface area contributed by atoms with Crippen molar-refractivity contribution in [2.75, 3.05) is 11.9 Å². The Morgan fingerprint density at radius 2 is 1.82 bits per heavy atom. The number of aryl methyl sites for hydroxylation is 1. The molecule has 6 heteroatoms. The minimum atomic E-state index is -0.356. The molecule has 0 aliphatic carbocycles. The van der Waals surface area contributed by atoms with Crippen molar-refractivity contribution in [2.45, 2.75) is 33.1 Å². The van der Waals surface area contributed by atoms with E-state index in [1.807, 2.05) is 31.2 Å². The molecule has 0 saturated heterocycles. The van der Waals surface area contributed by atoms with E-state index in [1.54, 1.807) is 18.3 Å². The molecule has 0 spiro atoms. The highest BCUT2D eigenvalue weighted by atomic mass is 19.1. The summed E-state index contributed by atoms with van der Waals surface area (Å²) in [6, 6.07) is 13.7. The Bertz CT molecular complexity index is 918. The first-order chi connectivity index (χ1) is 13.6. The Kier molecular flexibility index (Phi) is 6.42. The first-order valence-electron chi connectivity index (χ1n) is 9.49. The molecule has 1 N–H and O–H groups in total. The van der Waals surface area contributed by atoms with Gasteiger partial charge in [-0.2, -0.15) is 5.10 Å². The smallest absolute Gasteiger partial charge is 0.280 e. The molecule has 5 nitrogen and oxygen atoms in total. The van der Waals surface area contributed by atoms with Gasteiger partial charge in [-0.15, -0.1) is 0 Å². The van der Waals surface area contributed by atoms with Crippen molar-refractivity contribution in [3.05, 3.63) is 71.8 Å². The van der Waals surface area contributed by atoms with Gasteiger partial charge in [0, 0.05) is 5.69 Å². The van der Waals surface area contributed by atoms with Crippen molar-refractivity contribution in [1.29, 1.82) is 0 Å². The van der Waals surface area contributed by atoms with E-state index in [9.17, 15) is 9.18 Å². The van der Waals surface area contributed by atoms with E-state index in [-0.39, 0.29) is 17.4 Å². The summed E-state index contributed by atoms with van der Waals surface area (Å²) in [7, 11) is 0. The lowest BCUT2D eigenvalue weighted by atomic mass is 10.1. The Morgan fingerprint density at radius 1 is 1.11 bits per heavy atom. The minimum absolute atomic E-state index is 0.182. The van der Waals surface area contributed by atoms with Gasteiger partial charge in [0.05, 0.1) is 18.5 Å². The van der Waals surface area contributed by atoms with Crippen LogP contribution in [0.3, 0.4) is 0 Å². The standard InChI is InChI=1S/C22H24FN3O2/c1-3-5-6-16-7-11-18(12-8-16)24-22(27)21-20(28-4-2)15-26(25-21)19-13-9-17(23)10-14-19/h7-15H,3-6H2,1-2H3,(H,24,27). The number of benzene rings is 2. The van der Waals surface area contributed by atoms with Crippen molar-refractivity contribution in [3.63, 3.8) is 0 Å². The van der Waals surface area contributed by atoms with Crippen LogP contribution in [0.2, 0.25) is 0 Å². The quantitative estimate of drug-likeness (QED) is 0.597. The molecule has 28 heavy (non-hydrogen) atoms. The lowest BCUT2D eigenvalue weighted by Crippen LogP contribution is -2.14. The highest BCUT2D eigenvalue weighted by molar-refractivity contribution is 6.04. The molecule has 146 valence electrons. The average molecular weight is 381 g/mol. The molecule has 3 rings (SSSR count). The number of aromatic nitrogens is 2. The molecule has 0 unspecified atom stereocenters. The third-order valence-electron chi connectivity index (χ3n) is 4.32. The van der Waals surface area contributed by atoms with E-state index >= 15 is 0 Å². The fourth-order valence-electron chi connectivity index (χ4n) is 2.83. The number of halogens is 1. The van der Waals surface area contributed by atoms with Gasteiger partial charge in [-0.1, -0.05) is 25.5 Å². The lowest BCUT2D eigenvalue weighted by Gasteiger charge is -2.06. The summed E-state index contributed by atoms with van der Waals surface area (Å²) in [6.45, 7) is 4.41. The van der Waals surface area contributed by atoms with Gasteiger partial charge in [-0.25, -0.2) is 9.07 Å². The van der Waals surface area contributed by atoms with Crippen LogP contribution >= 0.6 is 0 Å². The van der Waals surface area contributed by atoms with Crippen LogP contribution in [0.5, 0.6) is 5.75 Å². The summed E-state index contributed by atoms with van der Waals surface area (Å²) in [5, 5.41) is 7.20. The maximum atomic E-state index is 13.2. The number of carbonyl (C=O) groups excluding carboxylic acids is 1. The van der Waals surface area contributed by atoms with Crippen LogP contribution in [0.15, 0.2) is 54.7 Å². The molecule has 0 aliphatic rings. The topological polar surface area (TPSA) is 56.2 Å². The average Bonchev–Trinajstić information content (AvgIpc) is 3.12. The SMILES string of the molecule is CCCCc1ccc(NC(=O)c2nn(-c3ccc(F)cc3)cc2OCC)cc1. The van der Waals surface area contributed by atoms with E-state index in [0.717, 1.165) is 19.3 Å². The number of anilines is 1. The second-order valence-corrected chi connectivity index (χ2v) is 6.45. The number of ether oxygens (including phenoxy) is 1. The Morgan fingerprint density at radius 3 is 2.46 bits per heavy atom. The molecule has 0 fully saturated rings. The van der Waals surface area contributed by atoms with Crippen molar-refractivity contribution < 1.29 is 13.9 Å². The first kappa shape index (κ1) is 19.6. The van der Waals surface area contributed by atoms with Gasteiger partial charge in [0.1, 0.15) is 5.82 Å². The monoisotopic (exact) mass is 381 g/mol. The number of amides is 1. The van der Waals surface area contributed by atoms with Crippen LogP contribution in [0.25, 0.3) is 5.69 Å². The minimum Gasteiger partial charge on any atom is -0.490 e. The zero-order valence-corrected chi connectivity index (χ0v) is 16.1. The van der Waals surface area contributed by atoms with Crippen LogP contribution in [0.1, 0.15) is 42.7 Å². The molecule has 1 aromatic heterocycles. The maximum absolute atomic E-state index is 13.2. The molecular weight excluding hydrogens is 357 g/mol. The molecule has 1 heterocycles. The molecule has 1 amide bonds. The summed E-state index contributed by atoms with van der Waals surface area (Å²) in [5.74, 6) is -0.309. The van der Waals surface area contributed by atoms with E-state index in [1.165, 1.54) is 22.4 Å². The van der Waals surface area contributed by atoms with Crippen LogP contribution in [0, 0.1) is 5.82 Å². The number of rotatable bonds is 8. The summed E-state index contributed by atoms with van der Waals surface area (Å²) < 4.78 is 20.2. The normalized spacial score (nSPS) is 10.7. The highest BCUT2D eigenvalue weighted by Crippen LogP contribution is 2.22. The number of carbonyl (C=O) groups is 1. The van der Waals surface area contributed by atoms with Crippen LogP contribution in [-0.4, -0.2) is 22.3 Å². The van der Waals surface area contributed by atoms with E-state index in [4.69, 9.17) is 4.74 Å². The van der Waals surface area contributed by atoms with Gasteiger partial charge >= 0.3 is 0 Å². The Hall–Kier alpha value is -3.15. The maximum Gasteiger partial charge on any atom is 0.280 e. The van der Waals surface area contributed by atoms with Gasteiger partial charge in [-0.3, -0.25) is 4.79 Å². The van der Waals surface area contributed by atoms with Crippen molar-refractivity contribution in [3.8, 4) is 11.4 Å². The number of nitrogens with one attached hydrogen (secondary N) is 1. The van der Waals surface area contributed by atoms with Gasteiger partial charge in [0.15, 0.2) is 11.4 Å². The second-order valence-electron chi connectivity index (χ2n) is 6.45. The summed E-state index contributed by atoms with van der Waals surface area (Å²) in [6.07, 6.45) is 4.94. The largest absolute Gasteiger partial charge is 0.490 e. The summed E-state index contributed by atoms with van der Waals surface area (Å²) in [4.78, 5) is 12.7. The molecule has 3 aromatic rings. The molecule has 0 atom stereocenters. The van der Waals surface area contributed by atoms with Crippen LogP contribution < -0.4 is 10.1 Å². The van der Waals surface area contributed by atoms with E-state index in [0.29, 0.717) is 23.7 Å². The van der Waals surface area contributed by atoms with Gasteiger partial charge < -0.3 is 10.1 Å². The summed E-state index contributed by atoms with van der Waals surface area (Å²) >= 11 is 0. The first-order valence-corrected chi connectivity index (χ1v) is 9.49. The Labute approximate surface area is 164 Å². The molecule has 0 radical (unpaired) electrons. The van der Waals surface area contributed by atoms with E-state index < -0.39 is 0 Å². The third kappa shape index (κ3) is 4.76. The van der Waals surface area contributed by atoms with Crippen molar-refractivity contribution >= 4 is 11.6 Å². The lowest BCUT2D eigenvalue weighted by molar-refractivity contribution is 0.101. The van der Waals surface area contributed by atoms with Gasteiger partial charge in [0.25, 0.3) is 5.91 Å². The van der Waals surface area contributed by atoms with Crippen LogP contribution in [0.4, 0.5) is 10.1 Å². The fourth-order valence-corrected chi connectivity index (χ4v) is 2.83. The zero-order valence-electron chi connectivity index (χ0n) is 16.1. The number of hydrogen-bond donors (Lipinski definition) is 1. The predicted molar refractivity (Wildman–Crippen MR) is 108 cm³/mol. The van der Waals surface area contributed by atoms with Gasteiger partial charge in [0.2, 0.25) is 0 Å². The van der Waals surface area contributed by atoms with E-state index in [2.05, 4.69) is 17.3 Å². The molecule has 0 aliphatic heterocycles. The van der Waals surface area contributed by atoms with Crippen LogP contribution in [-0.2, 0) is 6.42 Å². The molecule has 2 aromatic carbocycles. The number of nitrogens with zero attached hydrogens (tertiary/aromatic N) is 2. The number of hydrogen-bond acceptors (Lipinski definition) is 3. The Balaban J connectivity index is 1.79. The van der Waals surface area contributed by atoms with Crippen molar-refractivity contribution in [1.82, 2.24) is 9.78 Å². The molecule has 0 saturated carbocycles. The molecular formula is C22H24FN3O2.